The van der Waals surface area contributed by atoms with E-state index < -0.39 is 6.04 Å². The molecule has 0 radical (unpaired) electrons. The van der Waals surface area contributed by atoms with Crippen LogP contribution < -0.4 is 10.2 Å². The highest BCUT2D eigenvalue weighted by Gasteiger charge is 2.32. The summed E-state index contributed by atoms with van der Waals surface area (Å²) in [6.45, 7) is 5.94. The minimum absolute atomic E-state index is 0.0387. The fraction of sp³-hybridized carbons (Fsp3) is 0.429. The molecule has 0 bridgehead atoms. The molecule has 1 unspecified atom stereocenters. The summed E-state index contributed by atoms with van der Waals surface area (Å²) < 4.78 is 1.04. The number of halogens is 1. The van der Waals surface area contributed by atoms with Crippen LogP contribution in [0.1, 0.15) is 24.5 Å². The van der Waals surface area contributed by atoms with Crippen LogP contribution in [0.15, 0.2) is 16.6 Å². The summed E-state index contributed by atoms with van der Waals surface area (Å²) in [6, 6.07) is 3.45. The van der Waals surface area contributed by atoms with E-state index in [1.807, 2.05) is 32.9 Å². The Labute approximate surface area is 121 Å². The Hall–Kier alpha value is -1.36. The third kappa shape index (κ3) is 2.66. The highest BCUT2D eigenvalue weighted by atomic mass is 79.9. The van der Waals surface area contributed by atoms with E-state index in [2.05, 4.69) is 21.2 Å². The van der Waals surface area contributed by atoms with Gasteiger partial charge in [-0.25, -0.2) is 0 Å². The number of anilines is 1. The van der Waals surface area contributed by atoms with E-state index >= 15 is 0 Å². The molecule has 0 aliphatic carbocycles. The largest absolute Gasteiger partial charge is 0.343 e. The highest BCUT2D eigenvalue weighted by molar-refractivity contribution is 9.10. The molecule has 1 saturated heterocycles. The molecule has 1 aromatic carbocycles. The molecule has 0 spiro atoms. The van der Waals surface area contributed by atoms with Crippen LogP contribution in [0.3, 0.4) is 0 Å². The number of piperazine rings is 1. The van der Waals surface area contributed by atoms with Crippen LogP contribution in [0.2, 0.25) is 0 Å². The number of nitrogens with one attached hydrogen (secondary N) is 1. The van der Waals surface area contributed by atoms with E-state index in [-0.39, 0.29) is 18.4 Å². The zero-order valence-corrected chi connectivity index (χ0v) is 12.9. The maximum Gasteiger partial charge on any atom is 0.250 e. The molecule has 1 atom stereocenters. The number of aryl methyl sites for hydroxylation is 2. The SMILES string of the molecule is CCC1NC(=O)CN(c2cc(C)c(Br)c(C)c2)C1=O. The lowest BCUT2D eigenvalue weighted by molar-refractivity contribution is -0.131. The van der Waals surface area contributed by atoms with Gasteiger partial charge >= 0.3 is 0 Å². The fourth-order valence-corrected chi connectivity index (χ4v) is 2.51. The predicted molar refractivity (Wildman–Crippen MR) is 78.2 cm³/mol. The maximum atomic E-state index is 12.3. The van der Waals surface area contributed by atoms with E-state index in [4.69, 9.17) is 0 Å². The van der Waals surface area contributed by atoms with Gasteiger partial charge in [-0.05, 0) is 43.5 Å². The Morgan fingerprint density at radius 1 is 1.32 bits per heavy atom. The summed E-state index contributed by atoms with van der Waals surface area (Å²) in [5.41, 5.74) is 2.90. The molecule has 1 aliphatic rings. The minimum atomic E-state index is -0.412. The lowest BCUT2D eigenvalue weighted by Crippen LogP contribution is -2.58. The third-order valence-electron chi connectivity index (χ3n) is 3.34. The second-order valence-electron chi connectivity index (χ2n) is 4.85. The first kappa shape index (κ1) is 14.1. The van der Waals surface area contributed by atoms with E-state index in [1.54, 1.807) is 4.90 Å². The summed E-state index contributed by atoms with van der Waals surface area (Å²) in [6.07, 6.45) is 0.607. The summed E-state index contributed by atoms with van der Waals surface area (Å²) in [4.78, 5) is 25.6. The molecule has 2 amide bonds. The van der Waals surface area contributed by atoms with Crippen molar-refractivity contribution in [1.82, 2.24) is 5.32 Å². The minimum Gasteiger partial charge on any atom is -0.343 e. The maximum absolute atomic E-state index is 12.3. The summed E-state index contributed by atoms with van der Waals surface area (Å²) in [7, 11) is 0. The van der Waals surface area contributed by atoms with Gasteiger partial charge in [0.2, 0.25) is 11.8 Å². The van der Waals surface area contributed by atoms with Crippen molar-refractivity contribution in [2.75, 3.05) is 11.4 Å². The number of hydrogen-bond acceptors (Lipinski definition) is 2. The van der Waals surface area contributed by atoms with Gasteiger partial charge in [0.05, 0.1) is 0 Å². The Morgan fingerprint density at radius 2 is 1.89 bits per heavy atom. The average Bonchev–Trinajstić information content (AvgIpc) is 2.37. The number of hydrogen-bond donors (Lipinski definition) is 1. The van der Waals surface area contributed by atoms with Crippen molar-refractivity contribution in [1.29, 1.82) is 0 Å². The lowest BCUT2D eigenvalue weighted by atomic mass is 10.1. The van der Waals surface area contributed by atoms with Crippen LogP contribution >= 0.6 is 15.9 Å². The zero-order chi connectivity index (χ0) is 14.2. The first-order valence-electron chi connectivity index (χ1n) is 6.31. The monoisotopic (exact) mass is 324 g/mol. The van der Waals surface area contributed by atoms with Crippen molar-refractivity contribution in [3.63, 3.8) is 0 Å². The number of carbonyl (C=O) groups is 2. The van der Waals surface area contributed by atoms with Crippen LogP contribution in [-0.2, 0) is 9.59 Å². The molecular weight excluding hydrogens is 308 g/mol. The standard InChI is InChI=1S/C14H17BrN2O2/c1-4-11-14(19)17(7-12(18)16-11)10-5-8(2)13(15)9(3)6-10/h5-6,11H,4,7H2,1-3H3,(H,16,18). The number of nitrogens with zero attached hydrogens (tertiary/aromatic N) is 1. The predicted octanol–water partition coefficient (Wildman–Crippen LogP) is 2.31. The number of carbonyl (C=O) groups excluding carboxylic acids is 2. The van der Waals surface area contributed by atoms with E-state index in [9.17, 15) is 9.59 Å². The smallest absolute Gasteiger partial charge is 0.250 e. The summed E-state index contributed by atoms with van der Waals surface area (Å²) in [5, 5.41) is 2.72. The van der Waals surface area contributed by atoms with Crippen molar-refractivity contribution in [2.45, 2.75) is 33.2 Å². The normalized spacial score (nSPS) is 19.6. The molecule has 4 nitrogen and oxygen atoms in total. The lowest BCUT2D eigenvalue weighted by Gasteiger charge is -2.32. The van der Waals surface area contributed by atoms with Gasteiger partial charge in [-0.3, -0.25) is 9.59 Å². The molecule has 0 aromatic heterocycles. The second kappa shape index (κ2) is 5.33. The molecule has 0 saturated carbocycles. The quantitative estimate of drug-likeness (QED) is 0.907. The molecule has 102 valence electrons. The Bertz CT molecular complexity index is 519. The Morgan fingerprint density at radius 3 is 2.42 bits per heavy atom. The van der Waals surface area contributed by atoms with Gasteiger partial charge in [0.1, 0.15) is 12.6 Å². The van der Waals surface area contributed by atoms with Crippen LogP contribution in [0.5, 0.6) is 0 Å². The summed E-state index contributed by atoms with van der Waals surface area (Å²) >= 11 is 3.51. The highest BCUT2D eigenvalue weighted by Crippen LogP contribution is 2.28. The van der Waals surface area contributed by atoms with Gasteiger partial charge in [-0.2, -0.15) is 0 Å². The number of amides is 2. The van der Waals surface area contributed by atoms with Crippen molar-refractivity contribution >= 4 is 33.4 Å². The van der Waals surface area contributed by atoms with Crippen LogP contribution in [-0.4, -0.2) is 24.4 Å². The van der Waals surface area contributed by atoms with E-state index in [0.29, 0.717) is 6.42 Å². The molecular formula is C14H17BrN2O2. The van der Waals surface area contributed by atoms with Gasteiger partial charge in [0.15, 0.2) is 0 Å². The molecule has 19 heavy (non-hydrogen) atoms. The summed E-state index contributed by atoms with van der Waals surface area (Å²) in [5.74, 6) is -0.145. The van der Waals surface area contributed by atoms with E-state index in [0.717, 1.165) is 21.3 Å². The molecule has 1 N–H and O–H groups in total. The number of rotatable bonds is 2. The van der Waals surface area contributed by atoms with Crippen molar-refractivity contribution in [3.05, 3.63) is 27.7 Å². The topological polar surface area (TPSA) is 49.4 Å². The number of benzene rings is 1. The van der Waals surface area contributed by atoms with Crippen LogP contribution in [0.25, 0.3) is 0 Å². The van der Waals surface area contributed by atoms with Gasteiger partial charge in [0.25, 0.3) is 0 Å². The van der Waals surface area contributed by atoms with E-state index in [1.165, 1.54) is 0 Å². The third-order valence-corrected chi connectivity index (χ3v) is 4.59. The van der Waals surface area contributed by atoms with Gasteiger partial charge in [-0.1, -0.05) is 22.9 Å². The first-order valence-corrected chi connectivity index (χ1v) is 7.10. The van der Waals surface area contributed by atoms with Gasteiger partial charge in [0, 0.05) is 10.2 Å². The second-order valence-corrected chi connectivity index (χ2v) is 5.64. The molecule has 5 heteroatoms. The fourth-order valence-electron chi connectivity index (χ4n) is 2.29. The Balaban J connectivity index is 2.40. The van der Waals surface area contributed by atoms with Crippen LogP contribution in [0, 0.1) is 13.8 Å². The molecule has 1 aliphatic heterocycles. The van der Waals surface area contributed by atoms with Gasteiger partial charge in [-0.15, -0.1) is 0 Å². The average molecular weight is 325 g/mol. The molecule has 1 heterocycles. The van der Waals surface area contributed by atoms with Crippen LogP contribution in [0.4, 0.5) is 5.69 Å². The van der Waals surface area contributed by atoms with Crippen molar-refractivity contribution < 1.29 is 9.59 Å². The first-order chi connectivity index (χ1) is 8.93. The Kier molecular flexibility index (Phi) is 3.94. The molecule has 2 rings (SSSR count). The van der Waals surface area contributed by atoms with Crippen molar-refractivity contribution in [2.24, 2.45) is 0 Å². The molecule has 1 fully saturated rings. The van der Waals surface area contributed by atoms with Gasteiger partial charge < -0.3 is 10.2 Å². The van der Waals surface area contributed by atoms with Crippen molar-refractivity contribution in [3.8, 4) is 0 Å². The zero-order valence-electron chi connectivity index (χ0n) is 11.3. The molecule has 1 aromatic rings.